The minimum Gasteiger partial charge on any atom is -0.344 e. The molecule has 2 rings (SSSR count). The summed E-state index contributed by atoms with van der Waals surface area (Å²) in [6, 6.07) is 1.49. The van der Waals surface area contributed by atoms with Crippen LogP contribution in [0.3, 0.4) is 0 Å². The van der Waals surface area contributed by atoms with Crippen LogP contribution >= 0.6 is 11.3 Å². The van der Waals surface area contributed by atoms with Crippen molar-refractivity contribution < 1.29 is 17.7 Å². The zero-order valence-corrected chi connectivity index (χ0v) is 13.6. The van der Waals surface area contributed by atoms with E-state index in [1.54, 1.807) is 19.2 Å². The van der Waals surface area contributed by atoms with Gasteiger partial charge in [0.1, 0.15) is 4.21 Å². The summed E-state index contributed by atoms with van der Waals surface area (Å²) < 4.78 is 28.3. The number of nitrogens with zero attached hydrogens (tertiary/aromatic N) is 2. The highest BCUT2D eigenvalue weighted by molar-refractivity contribution is 7.92. The Labute approximate surface area is 126 Å². The SMILES string of the molecule is CC(=O)NC(C)(C)c1noc(-c2csc(S(C)(=O)=O)c2)n1. The van der Waals surface area contributed by atoms with Crippen LogP contribution in [0.4, 0.5) is 0 Å². The van der Waals surface area contributed by atoms with Crippen molar-refractivity contribution >= 4 is 27.1 Å². The zero-order chi connectivity index (χ0) is 15.8. The van der Waals surface area contributed by atoms with E-state index in [2.05, 4.69) is 15.5 Å². The summed E-state index contributed by atoms with van der Waals surface area (Å²) >= 11 is 1.09. The number of amides is 1. The Hall–Kier alpha value is -1.74. The molecule has 0 radical (unpaired) electrons. The van der Waals surface area contributed by atoms with E-state index in [0.29, 0.717) is 11.4 Å². The minimum absolute atomic E-state index is 0.207. The maximum atomic E-state index is 11.5. The Morgan fingerprint density at radius 2 is 2.10 bits per heavy atom. The Kier molecular flexibility index (Phi) is 3.89. The molecular weight excluding hydrogens is 314 g/mol. The topological polar surface area (TPSA) is 102 Å². The maximum absolute atomic E-state index is 11.5. The van der Waals surface area contributed by atoms with Crippen LogP contribution in [-0.2, 0) is 20.2 Å². The fourth-order valence-electron chi connectivity index (χ4n) is 1.71. The summed E-state index contributed by atoms with van der Waals surface area (Å²) in [6.07, 6.45) is 1.14. The first-order valence-corrected chi connectivity index (χ1v) is 8.78. The summed E-state index contributed by atoms with van der Waals surface area (Å²) in [5.74, 6) is 0.329. The van der Waals surface area contributed by atoms with Gasteiger partial charge in [-0.1, -0.05) is 5.16 Å². The third-order valence-electron chi connectivity index (χ3n) is 2.66. The Morgan fingerprint density at radius 3 is 2.62 bits per heavy atom. The molecule has 2 heterocycles. The first kappa shape index (κ1) is 15.6. The standard InChI is InChI=1S/C12H15N3O4S2/c1-7(16)14-12(2,3)11-13-10(19-15-11)8-5-9(20-6-8)21(4,17)18/h5-6H,1-4H3,(H,14,16). The zero-order valence-electron chi connectivity index (χ0n) is 12.0. The Morgan fingerprint density at radius 1 is 1.43 bits per heavy atom. The first-order chi connectivity index (χ1) is 9.59. The van der Waals surface area contributed by atoms with E-state index >= 15 is 0 Å². The van der Waals surface area contributed by atoms with Crippen LogP contribution in [0.1, 0.15) is 26.6 Å². The van der Waals surface area contributed by atoms with E-state index < -0.39 is 15.4 Å². The van der Waals surface area contributed by atoms with Gasteiger partial charge in [0, 0.05) is 18.6 Å². The highest BCUT2D eigenvalue weighted by Gasteiger charge is 2.28. The lowest BCUT2D eigenvalue weighted by atomic mass is 10.1. The molecule has 0 unspecified atom stereocenters. The lowest BCUT2D eigenvalue weighted by Crippen LogP contribution is -2.40. The highest BCUT2D eigenvalue weighted by atomic mass is 32.2. The molecule has 7 nitrogen and oxygen atoms in total. The summed E-state index contributed by atoms with van der Waals surface area (Å²) in [4.78, 5) is 15.4. The van der Waals surface area contributed by atoms with Gasteiger partial charge in [-0.05, 0) is 19.9 Å². The molecule has 0 fully saturated rings. The van der Waals surface area contributed by atoms with Crippen LogP contribution in [0.15, 0.2) is 20.2 Å². The predicted molar refractivity (Wildman–Crippen MR) is 77.6 cm³/mol. The molecule has 2 aromatic rings. The number of aromatic nitrogens is 2. The minimum atomic E-state index is -3.26. The van der Waals surface area contributed by atoms with Crippen LogP contribution in [0, 0.1) is 0 Å². The summed E-state index contributed by atoms with van der Waals surface area (Å²) in [5.41, 5.74) is -0.235. The van der Waals surface area contributed by atoms with Crippen molar-refractivity contribution in [1.82, 2.24) is 15.5 Å². The predicted octanol–water partition coefficient (Wildman–Crippen LogP) is 1.57. The molecule has 114 valence electrons. The number of rotatable bonds is 4. The van der Waals surface area contributed by atoms with Gasteiger partial charge in [-0.25, -0.2) is 8.42 Å². The van der Waals surface area contributed by atoms with Crippen molar-refractivity contribution in [2.45, 2.75) is 30.5 Å². The van der Waals surface area contributed by atoms with Gasteiger partial charge in [0.25, 0.3) is 5.89 Å². The van der Waals surface area contributed by atoms with Gasteiger partial charge < -0.3 is 9.84 Å². The average Bonchev–Trinajstić information content (AvgIpc) is 2.95. The van der Waals surface area contributed by atoms with Gasteiger partial charge in [0.2, 0.25) is 5.91 Å². The molecule has 0 aliphatic carbocycles. The number of hydrogen-bond donors (Lipinski definition) is 1. The molecule has 0 bridgehead atoms. The van der Waals surface area contributed by atoms with E-state index in [-0.39, 0.29) is 16.0 Å². The van der Waals surface area contributed by atoms with Crippen molar-refractivity contribution in [3.8, 4) is 11.5 Å². The molecule has 9 heteroatoms. The summed E-state index contributed by atoms with van der Waals surface area (Å²) in [7, 11) is -3.26. The second kappa shape index (κ2) is 5.23. The van der Waals surface area contributed by atoms with Gasteiger partial charge in [0.05, 0.1) is 11.1 Å². The molecule has 0 aliphatic heterocycles. The van der Waals surface area contributed by atoms with Crippen LogP contribution in [0.25, 0.3) is 11.5 Å². The van der Waals surface area contributed by atoms with Gasteiger partial charge >= 0.3 is 0 Å². The van der Waals surface area contributed by atoms with Crippen LogP contribution in [0.2, 0.25) is 0 Å². The summed E-state index contributed by atoms with van der Waals surface area (Å²) in [5, 5.41) is 8.19. The quantitative estimate of drug-likeness (QED) is 0.913. The molecule has 1 amide bonds. The molecule has 1 N–H and O–H groups in total. The normalized spacial score (nSPS) is 12.4. The first-order valence-electron chi connectivity index (χ1n) is 6.01. The third-order valence-corrected chi connectivity index (χ3v) is 5.43. The van der Waals surface area contributed by atoms with Gasteiger partial charge in [-0.3, -0.25) is 4.79 Å². The molecule has 0 aliphatic rings. The van der Waals surface area contributed by atoms with Crippen molar-refractivity contribution in [1.29, 1.82) is 0 Å². The molecule has 0 aromatic carbocycles. The number of thiophene rings is 1. The second-order valence-electron chi connectivity index (χ2n) is 5.16. The number of carbonyl (C=O) groups is 1. The maximum Gasteiger partial charge on any atom is 0.258 e. The van der Waals surface area contributed by atoms with E-state index in [4.69, 9.17) is 4.52 Å². The summed E-state index contributed by atoms with van der Waals surface area (Å²) in [6.45, 7) is 4.90. The monoisotopic (exact) mass is 329 g/mol. The van der Waals surface area contributed by atoms with Crippen molar-refractivity contribution in [3.63, 3.8) is 0 Å². The van der Waals surface area contributed by atoms with E-state index in [1.807, 2.05) is 0 Å². The average molecular weight is 329 g/mol. The molecular formula is C12H15N3O4S2. The fourth-order valence-corrected chi connectivity index (χ4v) is 3.51. The molecule has 21 heavy (non-hydrogen) atoms. The van der Waals surface area contributed by atoms with Gasteiger partial charge in [-0.15, -0.1) is 11.3 Å². The second-order valence-corrected chi connectivity index (χ2v) is 8.31. The largest absolute Gasteiger partial charge is 0.344 e. The highest BCUT2D eigenvalue weighted by Crippen LogP contribution is 2.28. The van der Waals surface area contributed by atoms with Crippen molar-refractivity contribution in [2.75, 3.05) is 6.26 Å². The number of sulfone groups is 1. The smallest absolute Gasteiger partial charge is 0.258 e. The van der Waals surface area contributed by atoms with E-state index in [0.717, 1.165) is 17.6 Å². The van der Waals surface area contributed by atoms with E-state index in [1.165, 1.54) is 13.0 Å². The lowest BCUT2D eigenvalue weighted by molar-refractivity contribution is -0.120. The third kappa shape index (κ3) is 3.48. The molecule has 0 atom stereocenters. The molecule has 0 saturated heterocycles. The number of carbonyl (C=O) groups excluding carboxylic acids is 1. The molecule has 2 aromatic heterocycles. The van der Waals surface area contributed by atoms with E-state index in [9.17, 15) is 13.2 Å². The van der Waals surface area contributed by atoms with Crippen LogP contribution < -0.4 is 5.32 Å². The number of hydrogen-bond acceptors (Lipinski definition) is 7. The Balaban J connectivity index is 2.32. The fraction of sp³-hybridized carbons (Fsp3) is 0.417. The molecule has 0 saturated carbocycles. The van der Waals surface area contributed by atoms with Crippen molar-refractivity contribution in [3.05, 3.63) is 17.3 Å². The lowest BCUT2D eigenvalue weighted by Gasteiger charge is -2.20. The Bertz CT molecular complexity index is 774. The van der Waals surface area contributed by atoms with Crippen molar-refractivity contribution in [2.24, 2.45) is 0 Å². The van der Waals surface area contributed by atoms with Gasteiger partial charge in [-0.2, -0.15) is 4.98 Å². The molecule has 0 spiro atoms. The van der Waals surface area contributed by atoms with Crippen LogP contribution in [-0.4, -0.2) is 30.7 Å². The van der Waals surface area contributed by atoms with Crippen LogP contribution in [0.5, 0.6) is 0 Å². The number of nitrogens with one attached hydrogen (secondary N) is 1. The van der Waals surface area contributed by atoms with Gasteiger partial charge in [0.15, 0.2) is 15.7 Å².